The fourth-order valence-corrected chi connectivity index (χ4v) is 6.16. The number of amides is 1. The predicted molar refractivity (Wildman–Crippen MR) is 131 cm³/mol. The first-order valence-electron chi connectivity index (χ1n) is 13.3. The molecule has 2 aromatic heterocycles. The van der Waals surface area contributed by atoms with Gasteiger partial charge in [0.05, 0.1) is 0 Å². The maximum atomic E-state index is 12.1. The van der Waals surface area contributed by atoms with Crippen molar-refractivity contribution in [3.8, 4) is 0 Å². The summed E-state index contributed by atoms with van der Waals surface area (Å²) in [6, 6.07) is 0.301. The fraction of sp³-hybridized carbons (Fsp3) is 0.769. The van der Waals surface area contributed by atoms with Crippen LogP contribution in [0.2, 0.25) is 0 Å². The third kappa shape index (κ3) is 4.73. The van der Waals surface area contributed by atoms with E-state index in [2.05, 4.69) is 33.7 Å². The largest absolute Gasteiger partial charge is 0.365 e. The lowest BCUT2D eigenvalue weighted by atomic mass is 9.80. The zero-order valence-electron chi connectivity index (χ0n) is 20.4. The summed E-state index contributed by atoms with van der Waals surface area (Å²) in [4.78, 5) is 26.3. The molecule has 7 heteroatoms. The molecule has 2 heterocycles. The summed E-state index contributed by atoms with van der Waals surface area (Å²) in [6.07, 6.45) is 15.2. The van der Waals surface area contributed by atoms with Crippen LogP contribution in [0.3, 0.4) is 0 Å². The Kier molecular flexibility index (Phi) is 6.57. The topological polar surface area (TPSA) is 98.7 Å². The molecule has 2 aromatic rings. The van der Waals surface area contributed by atoms with Crippen molar-refractivity contribution in [2.24, 2.45) is 23.5 Å². The van der Waals surface area contributed by atoms with Gasteiger partial charge in [0.2, 0.25) is 5.82 Å². The van der Waals surface area contributed by atoms with Crippen LogP contribution in [0.25, 0.3) is 11.2 Å². The van der Waals surface area contributed by atoms with E-state index in [0.717, 1.165) is 29.6 Å². The van der Waals surface area contributed by atoms with E-state index in [-0.39, 0.29) is 5.82 Å². The van der Waals surface area contributed by atoms with Crippen LogP contribution in [-0.4, -0.2) is 31.5 Å². The molecule has 3 aliphatic carbocycles. The molecule has 7 nitrogen and oxygen atoms in total. The summed E-state index contributed by atoms with van der Waals surface area (Å²) >= 11 is 0. The molecule has 3 N–H and O–H groups in total. The van der Waals surface area contributed by atoms with Gasteiger partial charge in [0, 0.05) is 18.5 Å². The Morgan fingerprint density at radius 2 is 1.73 bits per heavy atom. The summed E-state index contributed by atoms with van der Waals surface area (Å²) in [5, 5.41) is 3.66. The summed E-state index contributed by atoms with van der Waals surface area (Å²) in [5.41, 5.74) is 7.23. The molecular weight excluding hydrogens is 412 g/mol. The Morgan fingerprint density at radius 1 is 1.00 bits per heavy atom. The zero-order valence-corrected chi connectivity index (χ0v) is 20.4. The summed E-state index contributed by atoms with van der Waals surface area (Å²) in [7, 11) is 0. The van der Waals surface area contributed by atoms with Crippen molar-refractivity contribution in [2.45, 2.75) is 109 Å². The molecule has 0 radical (unpaired) electrons. The normalized spacial score (nSPS) is 25.6. The minimum absolute atomic E-state index is 0.0668. The van der Waals surface area contributed by atoms with Crippen molar-refractivity contribution in [1.82, 2.24) is 19.5 Å². The Hall–Kier alpha value is -2.18. The molecule has 1 amide bonds. The van der Waals surface area contributed by atoms with Crippen molar-refractivity contribution in [3.63, 3.8) is 0 Å². The van der Waals surface area contributed by atoms with E-state index in [0.29, 0.717) is 29.4 Å². The Balaban J connectivity index is 1.58. The minimum atomic E-state index is -0.591. The average molecular weight is 453 g/mol. The molecule has 180 valence electrons. The van der Waals surface area contributed by atoms with Crippen LogP contribution in [0.15, 0.2) is 0 Å². The highest BCUT2D eigenvalue weighted by Crippen LogP contribution is 2.38. The van der Waals surface area contributed by atoms with E-state index in [1.54, 1.807) is 0 Å². The molecule has 0 aliphatic heterocycles. The van der Waals surface area contributed by atoms with Crippen LogP contribution >= 0.6 is 0 Å². The molecular formula is C26H40N6O. The van der Waals surface area contributed by atoms with Crippen molar-refractivity contribution in [2.75, 3.05) is 5.32 Å². The van der Waals surface area contributed by atoms with Gasteiger partial charge >= 0.3 is 0 Å². The van der Waals surface area contributed by atoms with Crippen LogP contribution in [0, 0.1) is 17.8 Å². The van der Waals surface area contributed by atoms with E-state index in [1.807, 2.05) is 0 Å². The van der Waals surface area contributed by atoms with Gasteiger partial charge in [0.1, 0.15) is 11.3 Å². The second kappa shape index (κ2) is 9.59. The van der Waals surface area contributed by atoms with Gasteiger partial charge in [-0.1, -0.05) is 45.4 Å². The highest BCUT2D eigenvalue weighted by atomic mass is 16.1. The van der Waals surface area contributed by atoms with E-state index in [4.69, 9.17) is 10.7 Å². The summed E-state index contributed by atoms with van der Waals surface area (Å²) in [5.74, 6) is 3.98. The van der Waals surface area contributed by atoms with E-state index < -0.39 is 5.91 Å². The number of nitrogens with one attached hydrogen (secondary N) is 1. The third-order valence-corrected chi connectivity index (χ3v) is 8.62. The first-order chi connectivity index (χ1) is 16.0. The number of aromatic nitrogens is 4. The van der Waals surface area contributed by atoms with Gasteiger partial charge < -0.3 is 15.6 Å². The molecule has 0 bridgehead atoms. The molecule has 0 saturated heterocycles. The number of hydrogen-bond acceptors (Lipinski definition) is 5. The quantitative estimate of drug-likeness (QED) is 0.586. The lowest BCUT2D eigenvalue weighted by Gasteiger charge is -2.32. The second-order valence-electron chi connectivity index (χ2n) is 11.1. The molecule has 3 saturated carbocycles. The molecule has 3 fully saturated rings. The van der Waals surface area contributed by atoms with E-state index in [1.165, 1.54) is 77.0 Å². The first kappa shape index (κ1) is 22.6. The number of primary amides is 1. The number of carbonyl (C=O) groups is 1. The van der Waals surface area contributed by atoms with E-state index >= 15 is 0 Å². The molecule has 0 aromatic carbocycles. The van der Waals surface area contributed by atoms with Crippen LogP contribution in [0.5, 0.6) is 0 Å². The molecule has 5 rings (SSSR count). The molecule has 3 aliphatic rings. The highest BCUT2D eigenvalue weighted by molar-refractivity contribution is 5.93. The van der Waals surface area contributed by atoms with Crippen molar-refractivity contribution in [3.05, 3.63) is 11.6 Å². The van der Waals surface area contributed by atoms with Gasteiger partial charge in [-0.2, -0.15) is 0 Å². The lowest BCUT2D eigenvalue weighted by Crippen LogP contribution is -2.32. The maximum Gasteiger partial charge on any atom is 0.286 e. The molecule has 1 atom stereocenters. The Morgan fingerprint density at radius 3 is 2.36 bits per heavy atom. The number of hydrogen-bond donors (Lipinski definition) is 2. The predicted octanol–water partition coefficient (Wildman–Crippen LogP) is 5.40. The van der Waals surface area contributed by atoms with Gasteiger partial charge in [0.15, 0.2) is 11.5 Å². The van der Waals surface area contributed by atoms with Crippen molar-refractivity contribution >= 4 is 22.9 Å². The second-order valence-corrected chi connectivity index (χ2v) is 11.1. The van der Waals surface area contributed by atoms with E-state index in [9.17, 15) is 4.79 Å². The standard InChI is InChI=1S/C26H40N6O/c1-16-11-13-18(14-12-16)15-32-21-23(28-17(2)19-9-6-10-19)29-25(22(27)33)30-24(21)31-26(32)20-7-4-3-5-8-20/h16-20H,3-15H2,1-2H3,(H2,27,33)(H,28,29,30)/t16?,17-,18?/m1/s1. The van der Waals surface area contributed by atoms with Gasteiger partial charge in [0.25, 0.3) is 5.91 Å². The third-order valence-electron chi connectivity index (χ3n) is 8.62. The summed E-state index contributed by atoms with van der Waals surface area (Å²) in [6.45, 7) is 5.58. The minimum Gasteiger partial charge on any atom is -0.365 e. The number of rotatable bonds is 7. The van der Waals surface area contributed by atoms with Crippen LogP contribution < -0.4 is 11.1 Å². The van der Waals surface area contributed by atoms with Crippen LogP contribution in [-0.2, 0) is 6.54 Å². The number of fused-ring (bicyclic) bond motifs is 1. The van der Waals surface area contributed by atoms with Gasteiger partial charge in [-0.05, 0) is 63.2 Å². The first-order valence-corrected chi connectivity index (χ1v) is 13.3. The Labute approximate surface area is 197 Å². The number of imidazole rings is 1. The van der Waals surface area contributed by atoms with Crippen molar-refractivity contribution < 1.29 is 4.79 Å². The number of carbonyl (C=O) groups excluding carboxylic acids is 1. The zero-order chi connectivity index (χ0) is 22.9. The fourth-order valence-electron chi connectivity index (χ4n) is 6.16. The number of anilines is 1. The van der Waals surface area contributed by atoms with Gasteiger partial charge in [-0.25, -0.2) is 15.0 Å². The van der Waals surface area contributed by atoms with Crippen LogP contribution in [0.4, 0.5) is 5.82 Å². The van der Waals surface area contributed by atoms with Gasteiger partial charge in [-0.15, -0.1) is 0 Å². The number of nitrogens with two attached hydrogens (primary N) is 1. The maximum absolute atomic E-state index is 12.1. The monoisotopic (exact) mass is 452 g/mol. The SMILES string of the molecule is CC1CCC(Cn2c(C3CCCCC3)nc3nc(C(N)=O)nc(N[C@H](C)C4CCC4)c32)CC1. The Bertz CT molecular complexity index is 982. The average Bonchev–Trinajstić information content (AvgIpc) is 3.13. The molecule has 33 heavy (non-hydrogen) atoms. The smallest absolute Gasteiger partial charge is 0.286 e. The van der Waals surface area contributed by atoms with Crippen LogP contribution in [0.1, 0.15) is 113 Å². The van der Waals surface area contributed by atoms with Gasteiger partial charge in [-0.3, -0.25) is 4.79 Å². The molecule has 0 spiro atoms. The lowest BCUT2D eigenvalue weighted by molar-refractivity contribution is 0.0991. The highest BCUT2D eigenvalue weighted by Gasteiger charge is 2.30. The molecule has 0 unspecified atom stereocenters. The number of nitrogens with zero attached hydrogens (tertiary/aromatic N) is 4. The summed E-state index contributed by atoms with van der Waals surface area (Å²) < 4.78 is 2.44. The van der Waals surface area contributed by atoms with Crippen molar-refractivity contribution in [1.29, 1.82) is 0 Å².